The zero-order valence-electron chi connectivity index (χ0n) is 17.0. The summed E-state index contributed by atoms with van der Waals surface area (Å²) in [7, 11) is -3.42. The Balaban J connectivity index is 1.46. The minimum atomic E-state index is -3.42. The van der Waals surface area contributed by atoms with Gasteiger partial charge >= 0.3 is 11.8 Å². The Bertz CT molecular complexity index is 969. The lowest BCUT2D eigenvalue weighted by Crippen LogP contribution is -2.41. The summed E-state index contributed by atoms with van der Waals surface area (Å²) in [5, 5.41) is 5.27. The van der Waals surface area contributed by atoms with Crippen LogP contribution >= 0.6 is 0 Å². The molecule has 1 aliphatic heterocycles. The van der Waals surface area contributed by atoms with Gasteiger partial charge in [0.1, 0.15) is 0 Å². The molecule has 1 heterocycles. The van der Waals surface area contributed by atoms with E-state index in [2.05, 4.69) is 10.6 Å². The predicted octanol–water partition coefficient (Wildman–Crippen LogP) is 2.01. The first-order valence-corrected chi connectivity index (χ1v) is 11.5. The minimum Gasteiger partial charge on any atom is -0.348 e. The van der Waals surface area contributed by atoms with Crippen LogP contribution in [0.2, 0.25) is 0 Å². The molecule has 1 aliphatic rings. The van der Waals surface area contributed by atoms with Crippen LogP contribution in [0.15, 0.2) is 59.5 Å². The Hall–Kier alpha value is -2.71. The molecular weight excluding hydrogens is 402 g/mol. The van der Waals surface area contributed by atoms with E-state index in [1.165, 1.54) is 4.31 Å². The molecule has 1 atom stereocenters. The number of benzene rings is 2. The number of sulfonamides is 1. The van der Waals surface area contributed by atoms with E-state index in [9.17, 15) is 18.0 Å². The van der Waals surface area contributed by atoms with E-state index in [-0.39, 0.29) is 17.5 Å². The summed E-state index contributed by atoms with van der Waals surface area (Å²) in [5.74, 6) is -1.37. The van der Waals surface area contributed by atoms with E-state index >= 15 is 0 Å². The summed E-state index contributed by atoms with van der Waals surface area (Å²) < 4.78 is 26.6. The molecule has 7 nitrogen and oxygen atoms in total. The largest absolute Gasteiger partial charge is 0.348 e. The zero-order valence-corrected chi connectivity index (χ0v) is 17.8. The van der Waals surface area contributed by atoms with Crippen LogP contribution in [0.5, 0.6) is 0 Å². The van der Waals surface area contributed by atoms with Crippen molar-refractivity contribution in [1.29, 1.82) is 0 Å². The van der Waals surface area contributed by atoms with Crippen LogP contribution in [-0.2, 0) is 26.0 Å². The van der Waals surface area contributed by atoms with Gasteiger partial charge < -0.3 is 10.6 Å². The van der Waals surface area contributed by atoms with Crippen molar-refractivity contribution in [3.63, 3.8) is 0 Å². The highest BCUT2D eigenvalue weighted by Crippen LogP contribution is 2.21. The number of nitrogens with zero attached hydrogens (tertiary/aromatic N) is 1. The summed E-state index contributed by atoms with van der Waals surface area (Å²) in [6, 6.07) is 15.8. The molecule has 0 bridgehead atoms. The van der Waals surface area contributed by atoms with Gasteiger partial charge in [-0.2, -0.15) is 4.31 Å². The van der Waals surface area contributed by atoms with Crippen LogP contribution in [-0.4, -0.2) is 44.2 Å². The number of hydrogen-bond acceptors (Lipinski definition) is 4. The highest BCUT2D eigenvalue weighted by molar-refractivity contribution is 7.89. The number of rotatable bonds is 7. The van der Waals surface area contributed by atoms with Crippen LogP contribution < -0.4 is 10.6 Å². The van der Waals surface area contributed by atoms with Crippen molar-refractivity contribution in [2.24, 2.45) is 0 Å². The van der Waals surface area contributed by atoms with E-state index in [0.29, 0.717) is 19.5 Å². The molecule has 2 aromatic carbocycles. The second-order valence-corrected chi connectivity index (χ2v) is 9.30. The second kappa shape index (κ2) is 9.86. The fraction of sp³-hybridized carbons (Fsp3) is 0.364. The van der Waals surface area contributed by atoms with E-state index in [4.69, 9.17) is 0 Å². The van der Waals surface area contributed by atoms with Gasteiger partial charge in [0, 0.05) is 19.6 Å². The molecule has 8 heteroatoms. The van der Waals surface area contributed by atoms with Crippen LogP contribution in [0.3, 0.4) is 0 Å². The van der Waals surface area contributed by atoms with Crippen LogP contribution in [0.25, 0.3) is 0 Å². The summed E-state index contributed by atoms with van der Waals surface area (Å²) >= 11 is 0. The van der Waals surface area contributed by atoms with Crippen LogP contribution in [0.4, 0.5) is 0 Å². The second-order valence-electron chi connectivity index (χ2n) is 7.37. The third-order valence-electron chi connectivity index (χ3n) is 5.18. The molecule has 0 saturated carbocycles. The van der Waals surface area contributed by atoms with Crippen molar-refractivity contribution in [2.45, 2.75) is 37.1 Å². The summed E-state index contributed by atoms with van der Waals surface area (Å²) in [5.41, 5.74) is 1.80. The van der Waals surface area contributed by atoms with Crippen molar-refractivity contribution in [1.82, 2.24) is 14.9 Å². The van der Waals surface area contributed by atoms with Gasteiger partial charge in [-0.05, 0) is 49.4 Å². The van der Waals surface area contributed by atoms with E-state index in [0.717, 1.165) is 24.0 Å². The lowest BCUT2D eigenvalue weighted by Gasteiger charge is -2.15. The Morgan fingerprint density at radius 3 is 2.23 bits per heavy atom. The molecule has 3 rings (SSSR count). The average Bonchev–Trinajstić information content (AvgIpc) is 3.30. The van der Waals surface area contributed by atoms with Gasteiger partial charge in [-0.15, -0.1) is 0 Å². The lowest BCUT2D eigenvalue weighted by atomic mass is 10.1. The molecular formula is C22H27N3O4S. The van der Waals surface area contributed by atoms with E-state index in [1.807, 2.05) is 37.3 Å². The lowest BCUT2D eigenvalue weighted by molar-refractivity contribution is -0.139. The SMILES string of the molecule is C[C@@H](NC(=O)C(=O)NCCc1ccc(S(=O)(=O)N2CCCC2)cc1)c1ccccc1. The molecule has 0 spiro atoms. The van der Waals surface area contributed by atoms with Gasteiger partial charge in [0.2, 0.25) is 10.0 Å². The standard InChI is InChI=1S/C22H27N3O4S/c1-17(19-7-3-2-4-8-19)24-22(27)21(26)23-14-13-18-9-11-20(12-10-18)30(28,29)25-15-5-6-16-25/h2-4,7-12,17H,5-6,13-16H2,1H3,(H,23,26)(H,24,27)/t17-/m1/s1. The molecule has 0 aliphatic carbocycles. The topological polar surface area (TPSA) is 95.6 Å². The fourth-order valence-electron chi connectivity index (χ4n) is 3.39. The normalized spacial score (nSPS) is 15.5. The van der Waals surface area contributed by atoms with Crippen molar-refractivity contribution in [3.8, 4) is 0 Å². The highest BCUT2D eigenvalue weighted by atomic mass is 32.2. The van der Waals surface area contributed by atoms with Gasteiger partial charge in [0.05, 0.1) is 10.9 Å². The Morgan fingerprint density at radius 1 is 0.967 bits per heavy atom. The molecule has 0 radical (unpaired) electrons. The predicted molar refractivity (Wildman–Crippen MR) is 114 cm³/mol. The summed E-state index contributed by atoms with van der Waals surface area (Å²) in [4.78, 5) is 24.4. The summed E-state index contributed by atoms with van der Waals surface area (Å²) in [6.07, 6.45) is 2.29. The number of carbonyl (C=O) groups is 2. The maximum absolute atomic E-state index is 12.5. The Morgan fingerprint density at radius 2 is 1.60 bits per heavy atom. The molecule has 160 valence electrons. The van der Waals surface area contributed by atoms with Gasteiger partial charge in [-0.3, -0.25) is 9.59 Å². The van der Waals surface area contributed by atoms with Gasteiger partial charge in [0.25, 0.3) is 0 Å². The molecule has 0 unspecified atom stereocenters. The first kappa shape index (κ1) is 22.0. The van der Waals surface area contributed by atoms with Crippen molar-refractivity contribution in [2.75, 3.05) is 19.6 Å². The van der Waals surface area contributed by atoms with Crippen LogP contribution in [0.1, 0.15) is 36.9 Å². The molecule has 1 fully saturated rings. The van der Waals surface area contributed by atoms with E-state index < -0.39 is 21.8 Å². The number of hydrogen-bond donors (Lipinski definition) is 2. The average molecular weight is 430 g/mol. The number of nitrogens with one attached hydrogen (secondary N) is 2. The molecule has 30 heavy (non-hydrogen) atoms. The van der Waals surface area contributed by atoms with E-state index in [1.54, 1.807) is 24.3 Å². The molecule has 2 N–H and O–H groups in total. The highest BCUT2D eigenvalue weighted by Gasteiger charge is 2.26. The third-order valence-corrected chi connectivity index (χ3v) is 7.09. The summed E-state index contributed by atoms with van der Waals surface area (Å²) in [6.45, 7) is 3.24. The van der Waals surface area contributed by atoms with Gasteiger partial charge in [-0.1, -0.05) is 42.5 Å². The number of carbonyl (C=O) groups excluding carboxylic acids is 2. The smallest absolute Gasteiger partial charge is 0.309 e. The monoisotopic (exact) mass is 429 g/mol. The molecule has 0 aromatic heterocycles. The molecule has 1 saturated heterocycles. The third kappa shape index (κ3) is 5.46. The first-order chi connectivity index (χ1) is 14.4. The van der Waals surface area contributed by atoms with Crippen molar-refractivity contribution in [3.05, 3.63) is 65.7 Å². The number of amides is 2. The Kier molecular flexibility index (Phi) is 7.23. The minimum absolute atomic E-state index is 0.269. The quantitative estimate of drug-likeness (QED) is 0.658. The zero-order chi connectivity index (χ0) is 21.6. The molecule has 2 amide bonds. The fourth-order valence-corrected chi connectivity index (χ4v) is 4.91. The molecule has 2 aromatic rings. The maximum atomic E-state index is 12.5. The first-order valence-electron chi connectivity index (χ1n) is 10.1. The van der Waals surface area contributed by atoms with Gasteiger partial charge in [0.15, 0.2) is 0 Å². The Labute approximate surface area is 177 Å². The van der Waals surface area contributed by atoms with Crippen LogP contribution in [0, 0.1) is 0 Å². The van der Waals surface area contributed by atoms with Gasteiger partial charge in [-0.25, -0.2) is 8.42 Å². The van der Waals surface area contributed by atoms with Crippen molar-refractivity contribution >= 4 is 21.8 Å². The van der Waals surface area contributed by atoms with Crippen molar-refractivity contribution < 1.29 is 18.0 Å². The maximum Gasteiger partial charge on any atom is 0.309 e.